The zero-order valence-corrected chi connectivity index (χ0v) is 16.1. The summed E-state index contributed by atoms with van der Waals surface area (Å²) in [6.45, 7) is 0. The molecule has 0 aliphatic rings. The Labute approximate surface area is 170 Å². The third-order valence-corrected chi connectivity index (χ3v) is 5.20. The number of aromatic amines is 1. The van der Waals surface area contributed by atoms with Gasteiger partial charge >= 0.3 is 0 Å². The Kier molecular flexibility index (Phi) is 4.56. The first-order chi connectivity index (χ1) is 14.3. The molecule has 0 bridgehead atoms. The molecular weight excluding hydrogens is 380 g/mol. The number of para-hydroxylation sites is 4. The molecule has 6 nitrogen and oxygen atoms in total. The van der Waals surface area contributed by atoms with Gasteiger partial charge in [-0.2, -0.15) is 0 Å². The van der Waals surface area contributed by atoms with Gasteiger partial charge in [-0.05, 0) is 36.4 Å². The average Bonchev–Trinajstić information content (AvgIpc) is 3.21. The minimum Gasteiger partial charge on any atom is -0.336 e. The van der Waals surface area contributed by atoms with Gasteiger partial charge in [0.2, 0.25) is 0 Å². The first-order valence-electron chi connectivity index (χ1n) is 9.10. The summed E-state index contributed by atoms with van der Waals surface area (Å²) in [5.41, 5.74) is 3.63. The summed E-state index contributed by atoms with van der Waals surface area (Å²) < 4.78 is 0.727. The minimum absolute atomic E-state index is 0.602. The topological polar surface area (TPSA) is 78.8 Å². The molecule has 0 unspecified atom stereocenters. The average molecular weight is 396 g/mol. The van der Waals surface area contributed by atoms with E-state index in [1.165, 1.54) is 11.3 Å². The van der Waals surface area contributed by atoms with Crippen molar-refractivity contribution in [3.05, 3.63) is 89.6 Å². The van der Waals surface area contributed by atoms with Crippen LogP contribution in [0, 0.1) is 0 Å². The second-order valence-electron chi connectivity index (χ2n) is 6.30. The van der Waals surface area contributed by atoms with Crippen LogP contribution >= 0.6 is 11.3 Å². The van der Waals surface area contributed by atoms with Crippen molar-refractivity contribution in [1.29, 1.82) is 0 Å². The van der Waals surface area contributed by atoms with Crippen LogP contribution in [0.15, 0.2) is 89.9 Å². The molecule has 7 heteroatoms. The van der Waals surface area contributed by atoms with E-state index < -0.39 is 0 Å². The fourth-order valence-corrected chi connectivity index (χ4v) is 3.68. The molecule has 5 aromatic rings. The Morgan fingerprint density at radius 2 is 1.52 bits per heavy atom. The van der Waals surface area contributed by atoms with Crippen LogP contribution in [0.1, 0.15) is 0 Å². The van der Waals surface area contributed by atoms with Crippen molar-refractivity contribution >= 4 is 39.6 Å². The third-order valence-electron chi connectivity index (χ3n) is 4.25. The predicted molar refractivity (Wildman–Crippen MR) is 116 cm³/mol. The highest BCUT2D eigenvalue weighted by atomic mass is 32.1. The van der Waals surface area contributed by atoms with Gasteiger partial charge in [0.15, 0.2) is 21.3 Å². The van der Waals surface area contributed by atoms with Gasteiger partial charge in [-0.1, -0.05) is 59.9 Å². The maximum atomic E-state index is 4.79. The first-order valence-corrected chi connectivity index (χ1v) is 9.92. The van der Waals surface area contributed by atoms with Crippen molar-refractivity contribution < 1.29 is 0 Å². The number of H-pyrrole nitrogens is 1. The van der Waals surface area contributed by atoms with Gasteiger partial charge in [0.05, 0.1) is 16.7 Å². The number of benzene rings is 3. The second kappa shape index (κ2) is 7.65. The number of hydrogen-bond donors (Lipinski definition) is 2. The summed E-state index contributed by atoms with van der Waals surface area (Å²) in [5.74, 6) is 1.28. The van der Waals surface area contributed by atoms with Crippen LogP contribution < -0.4 is 9.99 Å². The number of aromatic nitrogens is 4. The SMILES string of the molecule is c1ccc(N=c2sc(-c3nc4ccccc4[nH]3)nnc2Nc2ccccc2)cc1. The van der Waals surface area contributed by atoms with Crippen LogP contribution in [0.25, 0.3) is 21.9 Å². The van der Waals surface area contributed by atoms with Crippen LogP contribution in [0.2, 0.25) is 0 Å². The molecule has 2 aromatic heterocycles. The van der Waals surface area contributed by atoms with E-state index in [0.29, 0.717) is 16.6 Å². The maximum absolute atomic E-state index is 4.79. The summed E-state index contributed by atoms with van der Waals surface area (Å²) >= 11 is 1.43. The number of imidazole rings is 1. The van der Waals surface area contributed by atoms with E-state index >= 15 is 0 Å². The fourth-order valence-electron chi connectivity index (χ4n) is 2.88. The Morgan fingerprint density at radius 3 is 2.31 bits per heavy atom. The second-order valence-corrected chi connectivity index (χ2v) is 7.28. The van der Waals surface area contributed by atoms with Crippen molar-refractivity contribution in [3.63, 3.8) is 0 Å². The molecule has 0 aliphatic carbocycles. The maximum Gasteiger partial charge on any atom is 0.189 e. The Balaban J connectivity index is 1.63. The zero-order chi connectivity index (χ0) is 19.5. The van der Waals surface area contributed by atoms with Crippen molar-refractivity contribution in [2.45, 2.75) is 0 Å². The third kappa shape index (κ3) is 3.76. The van der Waals surface area contributed by atoms with Gasteiger partial charge in [-0.3, -0.25) is 0 Å². The van der Waals surface area contributed by atoms with E-state index in [1.807, 2.05) is 84.9 Å². The van der Waals surface area contributed by atoms with E-state index in [9.17, 15) is 0 Å². The van der Waals surface area contributed by atoms with Gasteiger partial charge in [0.25, 0.3) is 0 Å². The lowest BCUT2D eigenvalue weighted by Gasteiger charge is -2.05. The number of fused-ring (bicyclic) bond motifs is 1. The first kappa shape index (κ1) is 17.3. The Bertz CT molecular complexity index is 1290. The fraction of sp³-hybridized carbons (Fsp3) is 0. The van der Waals surface area contributed by atoms with Gasteiger partial charge < -0.3 is 10.3 Å². The number of nitrogens with one attached hydrogen (secondary N) is 2. The number of hydrogen-bond acceptors (Lipinski definition) is 6. The monoisotopic (exact) mass is 396 g/mol. The summed E-state index contributed by atoms with van der Waals surface area (Å²) in [6.07, 6.45) is 0. The Hall–Kier alpha value is -3.84. The molecular formula is C22H16N6S. The van der Waals surface area contributed by atoms with Gasteiger partial charge in [0, 0.05) is 5.69 Å². The molecule has 0 saturated carbocycles. The minimum atomic E-state index is 0.602. The van der Waals surface area contributed by atoms with Crippen molar-refractivity contribution in [1.82, 2.24) is 20.2 Å². The lowest BCUT2D eigenvalue weighted by atomic mass is 10.3. The highest BCUT2D eigenvalue weighted by molar-refractivity contribution is 7.12. The lowest BCUT2D eigenvalue weighted by molar-refractivity contribution is 1.04. The highest BCUT2D eigenvalue weighted by Gasteiger charge is 2.11. The standard InChI is InChI=1S/C22H16N6S/c1-3-9-15(10-4-1)23-20-21(24-16-11-5-2-6-12-16)29-22(28-27-20)19-25-17-13-7-8-14-18(17)26-19/h1-14H,(H,23,27)(H,25,26). The normalized spacial score (nSPS) is 11.7. The van der Waals surface area contributed by atoms with Gasteiger partial charge in [-0.15, -0.1) is 10.2 Å². The lowest BCUT2D eigenvalue weighted by Crippen LogP contribution is -2.10. The molecule has 0 fully saturated rings. The van der Waals surface area contributed by atoms with E-state index in [-0.39, 0.29) is 0 Å². The van der Waals surface area contributed by atoms with Crippen LogP contribution in [-0.4, -0.2) is 20.2 Å². The number of anilines is 2. The van der Waals surface area contributed by atoms with Crippen LogP contribution in [0.5, 0.6) is 0 Å². The molecule has 29 heavy (non-hydrogen) atoms. The van der Waals surface area contributed by atoms with Gasteiger partial charge in [-0.25, -0.2) is 9.98 Å². The van der Waals surface area contributed by atoms with E-state index in [2.05, 4.69) is 25.5 Å². The van der Waals surface area contributed by atoms with E-state index in [1.54, 1.807) is 0 Å². The largest absolute Gasteiger partial charge is 0.336 e. The number of nitrogens with zero attached hydrogens (tertiary/aromatic N) is 4. The molecule has 2 heterocycles. The van der Waals surface area contributed by atoms with Gasteiger partial charge in [0.1, 0.15) is 0 Å². The summed E-state index contributed by atoms with van der Waals surface area (Å²) in [5, 5.41) is 12.8. The molecule has 3 aromatic carbocycles. The van der Waals surface area contributed by atoms with E-state index in [4.69, 9.17) is 4.99 Å². The molecule has 140 valence electrons. The molecule has 5 rings (SSSR count). The Morgan fingerprint density at radius 1 is 0.793 bits per heavy atom. The molecule has 2 N–H and O–H groups in total. The van der Waals surface area contributed by atoms with Crippen molar-refractivity contribution in [2.75, 3.05) is 5.32 Å². The molecule has 0 atom stereocenters. The molecule has 0 saturated heterocycles. The summed E-state index contributed by atoms with van der Waals surface area (Å²) in [6, 6.07) is 27.6. The van der Waals surface area contributed by atoms with Crippen molar-refractivity contribution in [2.24, 2.45) is 4.99 Å². The van der Waals surface area contributed by atoms with E-state index in [0.717, 1.165) is 27.1 Å². The van der Waals surface area contributed by atoms with Crippen LogP contribution in [-0.2, 0) is 0 Å². The number of rotatable bonds is 4. The molecule has 0 amide bonds. The van der Waals surface area contributed by atoms with Crippen molar-refractivity contribution in [3.8, 4) is 10.8 Å². The highest BCUT2D eigenvalue weighted by Crippen LogP contribution is 2.22. The zero-order valence-electron chi connectivity index (χ0n) is 15.3. The molecule has 0 radical (unpaired) electrons. The summed E-state index contributed by atoms with van der Waals surface area (Å²) in [7, 11) is 0. The molecule has 0 spiro atoms. The molecule has 0 aliphatic heterocycles. The quantitative estimate of drug-likeness (QED) is 0.445. The smallest absolute Gasteiger partial charge is 0.189 e. The predicted octanol–water partition coefficient (Wildman–Crippen LogP) is 5.06. The van der Waals surface area contributed by atoms with Crippen LogP contribution in [0.4, 0.5) is 17.2 Å². The van der Waals surface area contributed by atoms with Crippen LogP contribution in [0.3, 0.4) is 0 Å². The summed E-state index contributed by atoms with van der Waals surface area (Å²) in [4.78, 5) is 12.7.